The summed E-state index contributed by atoms with van der Waals surface area (Å²) in [6.45, 7) is 0.766. The van der Waals surface area contributed by atoms with E-state index in [1.54, 1.807) is 6.20 Å². The lowest BCUT2D eigenvalue weighted by Crippen LogP contribution is -1.90. The summed E-state index contributed by atoms with van der Waals surface area (Å²) in [7, 11) is 0. The molecule has 0 saturated carbocycles. The van der Waals surface area contributed by atoms with Crippen LogP contribution in [0.1, 0.15) is 5.56 Å². The second-order valence-electron chi connectivity index (χ2n) is 2.94. The number of pyridine rings is 1. The Morgan fingerprint density at radius 1 is 1.36 bits per heavy atom. The van der Waals surface area contributed by atoms with Crippen molar-refractivity contribution in [3.63, 3.8) is 0 Å². The fourth-order valence-electron chi connectivity index (χ4n) is 1.35. The smallest absolute Gasteiger partial charge is 0.293 e. The fraction of sp³-hybridized carbons (Fsp3) is 0.0909. The van der Waals surface area contributed by atoms with Gasteiger partial charge in [-0.2, -0.15) is 0 Å². The van der Waals surface area contributed by atoms with Crippen LogP contribution in [-0.4, -0.2) is 11.5 Å². The highest BCUT2D eigenvalue weighted by molar-refractivity contribution is 5.78. The first-order valence-electron chi connectivity index (χ1n) is 4.29. The number of nitrogens with zero attached hydrogens (tertiary/aromatic N) is 1. The van der Waals surface area contributed by atoms with E-state index in [1.807, 2.05) is 30.3 Å². The van der Waals surface area contributed by atoms with Crippen molar-refractivity contribution < 1.29 is 9.53 Å². The van der Waals surface area contributed by atoms with Crippen LogP contribution in [0, 0.1) is 0 Å². The van der Waals surface area contributed by atoms with Gasteiger partial charge >= 0.3 is 0 Å². The Morgan fingerprint density at radius 3 is 3.14 bits per heavy atom. The van der Waals surface area contributed by atoms with E-state index in [9.17, 15) is 4.79 Å². The molecule has 0 fully saturated rings. The van der Waals surface area contributed by atoms with E-state index in [1.165, 1.54) is 0 Å². The molecule has 0 aliphatic heterocycles. The Kier molecular flexibility index (Phi) is 2.40. The maximum atomic E-state index is 10.0. The predicted molar refractivity (Wildman–Crippen MR) is 52.6 cm³/mol. The van der Waals surface area contributed by atoms with Crippen molar-refractivity contribution >= 4 is 17.4 Å². The zero-order valence-electron chi connectivity index (χ0n) is 7.51. The third-order valence-electron chi connectivity index (χ3n) is 1.99. The third kappa shape index (κ3) is 1.71. The van der Waals surface area contributed by atoms with Gasteiger partial charge in [0, 0.05) is 11.6 Å². The maximum Gasteiger partial charge on any atom is 0.293 e. The molecule has 0 spiro atoms. The molecular formula is C11H9NO2. The van der Waals surface area contributed by atoms with Crippen LogP contribution in [-0.2, 0) is 16.1 Å². The number of carbonyl (C=O) groups is 1. The number of hydrogen-bond acceptors (Lipinski definition) is 3. The van der Waals surface area contributed by atoms with Crippen LogP contribution in [0.4, 0.5) is 0 Å². The second-order valence-corrected chi connectivity index (χ2v) is 2.94. The van der Waals surface area contributed by atoms with E-state index < -0.39 is 0 Å². The van der Waals surface area contributed by atoms with Crippen LogP contribution in [0.2, 0.25) is 0 Å². The molecule has 70 valence electrons. The molecule has 0 saturated heterocycles. The van der Waals surface area contributed by atoms with E-state index >= 15 is 0 Å². The minimum atomic E-state index is 0.314. The number of fused-ring (bicyclic) bond motifs is 1. The van der Waals surface area contributed by atoms with Gasteiger partial charge in [-0.3, -0.25) is 9.78 Å². The average Bonchev–Trinajstić information content (AvgIpc) is 2.26. The number of ether oxygens (including phenoxy) is 1. The van der Waals surface area contributed by atoms with E-state index in [-0.39, 0.29) is 0 Å². The van der Waals surface area contributed by atoms with Crippen molar-refractivity contribution in [2.45, 2.75) is 6.61 Å². The highest BCUT2D eigenvalue weighted by Gasteiger charge is 1.96. The molecule has 0 radical (unpaired) electrons. The molecule has 0 N–H and O–H groups in total. The van der Waals surface area contributed by atoms with E-state index in [0.29, 0.717) is 13.1 Å². The minimum absolute atomic E-state index is 0.314. The number of benzene rings is 1. The molecule has 0 atom stereocenters. The summed E-state index contributed by atoms with van der Waals surface area (Å²) in [5.41, 5.74) is 1.92. The highest BCUT2D eigenvalue weighted by atomic mass is 16.5. The molecular weight excluding hydrogens is 178 g/mol. The van der Waals surface area contributed by atoms with Gasteiger partial charge in [0.2, 0.25) is 0 Å². The molecule has 1 aromatic heterocycles. The summed E-state index contributed by atoms with van der Waals surface area (Å²) >= 11 is 0. The first kappa shape index (κ1) is 8.69. The minimum Gasteiger partial charge on any atom is -0.463 e. The van der Waals surface area contributed by atoms with Crippen LogP contribution >= 0.6 is 0 Å². The molecule has 0 aliphatic rings. The number of rotatable bonds is 3. The summed E-state index contributed by atoms with van der Waals surface area (Å²) < 4.78 is 4.67. The van der Waals surface area contributed by atoms with Crippen LogP contribution < -0.4 is 0 Å². The number of hydrogen-bond donors (Lipinski definition) is 0. The summed E-state index contributed by atoms with van der Waals surface area (Å²) in [5.74, 6) is 0. The lowest BCUT2D eigenvalue weighted by atomic mass is 10.1. The molecule has 3 nitrogen and oxygen atoms in total. The third-order valence-corrected chi connectivity index (χ3v) is 1.99. The molecule has 0 unspecified atom stereocenters. The van der Waals surface area contributed by atoms with Gasteiger partial charge in [0.1, 0.15) is 6.61 Å². The number of aromatic nitrogens is 1. The molecule has 0 aliphatic carbocycles. The molecule has 0 bridgehead atoms. The molecule has 2 rings (SSSR count). The van der Waals surface area contributed by atoms with Crippen LogP contribution in [0.15, 0.2) is 36.5 Å². The van der Waals surface area contributed by atoms with Gasteiger partial charge in [-0.05, 0) is 23.8 Å². The van der Waals surface area contributed by atoms with Crippen molar-refractivity contribution in [2.75, 3.05) is 0 Å². The monoisotopic (exact) mass is 187 g/mol. The largest absolute Gasteiger partial charge is 0.463 e. The SMILES string of the molecule is O=COCc1ccc2ncccc2c1. The molecule has 2 aromatic rings. The van der Waals surface area contributed by atoms with Gasteiger partial charge in [0.05, 0.1) is 5.52 Å². The Labute approximate surface area is 81.3 Å². The molecule has 14 heavy (non-hydrogen) atoms. The van der Waals surface area contributed by atoms with Crippen LogP contribution in [0.5, 0.6) is 0 Å². The predicted octanol–water partition coefficient (Wildman–Crippen LogP) is 1.91. The van der Waals surface area contributed by atoms with Crippen molar-refractivity contribution in [1.82, 2.24) is 4.98 Å². The van der Waals surface area contributed by atoms with Crippen LogP contribution in [0.25, 0.3) is 10.9 Å². The van der Waals surface area contributed by atoms with Gasteiger partial charge in [-0.1, -0.05) is 12.1 Å². The molecule has 0 amide bonds. The summed E-state index contributed by atoms with van der Waals surface area (Å²) in [6, 6.07) is 9.64. The summed E-state index contributed by atoms with van der Waals surface area (Å²) in [6.07, 6.45) is 1.75. The Balaban J connectivity index is 2.36. The lowest BCUT2D eigenvalue weighted by molar-refractivity contribution is -0.129. The highest BCUT2D eigenvalue weighted by Crippen LogP contribution is 2.13. The Morgan fingerprint density at radius 2 is 2.29 bits per heavy atom. The normalized spacial score (nSPS) is 10.0. The summed E-state index contributed by atoms with van der Waals surface area (Å²) in [5, 5.41) is 1.06. The first-order valence-corrected chi connectivity index (χ1v) is 4.29. The molecule has 1 aromatic carbocycles. The zero-order valence-corrected chi connectivity index (χ0v) is 7.51. The fourth-order valence-corrected chi connectivity index (χ4v) is 1.35. The second kappa shape index (κ2) is 3.87. The van der Waals surface area contributed by atoms with E-state index in [0.717, 1.165) is 16.5 Å². The van der Waals surface area contributed by atoms with Crippen molar-refractivity contribution in [2.24, 2.45) is 0 Å². The van der Waals surface area contributed by atoms with Gasteiger partial charge in [0.15, 0.2) is 0 Å². The maximum absolute atomic E-state index is 10.0. The summed E-state index contributed by atoms with van der Waals surface area (Å²) in [4.78, 5) is 14.2. The van der Waals surface area contributed by atoms with Crippen molar-refractivity contribution in [1.29, 1.82) is 0 Å². The van der Waals surface area contributed by atoms with Gasteiger partial charge in [-0.25, -0.2) is 0 Å². The van der Waals surface area contributed by atoms with E-state index in [2.05, 4.69) is 9.72 Å². The quantitative estimate of drug-likeness (QED) is 0.689. The topological polar surface area (TPSA) is 39.2 Å². The van der Waals surface area contributed by atoms with Crippen molar-refractivity contribution in [3.05, 3.63) is 42.1 Å². The zero-order chi connectivity index (χ0) is 9.80. The Hall–Kier alpha value is -1.90. The van der Waals surface area contributed by atoms with Crippen molar-refractivity contribution in [3.8, 4) is 0 Å². The van der Waals surface area contributed by atoms with Crippen LogP contribution in [0.3, 0.4) is 0 Å². The Bertz CT molecular complexity index is 454. The average molecular weight is 187 g/mol. The first-order chi connectivity index (χ1) is 6.90. The van der Waals surface area contributed by atoms with E-state index in [4.69, 9.17) is 0 Å². The molecule has 3 heteroatoms. The van der Waals surface area contributed by atoms with Gasteiger partial charge in [0.25, 0.3) is 6.47 Å². The molecule has 1 heterocycles. The lowest BCUT2D eigenvalue weighted by Gasteiger charge is -2.01. The number of carbonyl (C=O) groups excluding carboxylic acids is 1. The standard InChI is InChI=1S/C11H9NO2/c13-8-14-7-9-3-4-11-10(6-9)2-1-5-12-11/h1-6,8H,7H2. The van der Waals surface area contributed by atoms with Gasteiger partial charge in [-0.15, -0.1) is 0 Å². The van der Waals surface area contributed by atoms with Gasteiger partial charge < -0.3 is 4.74 Å².